The van der Waals surface area contributed by atoms with Gasteiger partial charge in [0.1, 0.15) is 0 Å². The summed E-state index contributed by atoms with van der Waals surface area (Å²) >= 11 is 0. The Kier molecular flexibility index (Phi) is 7.30. The summed E-state index contributed by atoms with van der Waals surface area (Å²) in [6, 6.07) is 32.3. The highest BCUT2D eigenvalue weighted by molar-refractivity contribution is 5.20. The van der Waals surface area contributed by atoms with Crippen LogP contribution < -0.4 is 5.32 Å². The largest absolute Gasteiger partial charge is 0.390 e. The average molecular weight is 401 g/mol. The van der Waals surface area contributed by atoms with Gasteiger partial charge in [-0.3, -0.25) is 4.90 Å². The van der Waals surface area contributed by atoms with Crippen molar-refractivity contribution >= 4 is 0 Å². The minimum Gasteiger partial charge on any atom is -0.390 e. The molecule has 3 aromatic rings. The number of hydrogen-bond acceptors (Lipinski definition) is 3. The van der Waals surface area contributed by atoms with E-state index in [4.69, 9.17) is 0 Å². The molecule has 0 aromatic heterocycles. The highest BCUT2D eigenvalue weighted by Gasteiger charge is 2.29. The summed E-state index contributed by atoms with van der Waals surface area (Å²) in [7, 11) is 0. The lowest BCUT2D eigenvalue weighted by atomic mass is 9.97. The van der Waals surface area contributed by atoms with Gasteiger partial charge in [0.2, 0.25) is 0 Å². The molecule has 0 radical (unpaired) electrons. The van der Waals surface area contributed by atoms with Gasteiger partial charge in [0.15, 0.2) is 0 Å². The second-order valence-corrected chi connectivity index (χ2v) is 8.38. The van der Waals surface area contributed by atoms with Crippen molar-refractivity contribution in [3.05, 3.63) is 108 Å². The van der Waals surface area contributed by atoms with Gasteiger partial charge < -0.3 is 10.4 Å². The Hall–Kier alpha value is -2.46. The van der Waals surface area contributed by atoms with E-state index < -0.39 is 6.10 Å². The van der Waals surface area contributed by atoms with Gasteiger partial charge in [0.05, 0.1) is 6.10 Å². The Balaban J connectivity index is 1.58. The zero-order chi connectivity index (χ0) is 20.6. The number of hydrogen-bond donors (Lipinski definition) is 2. The summed E-state index contributed by atoms with van der Waals surface area (Å²) in [6.07, 6.45) is 2.86. The maximum absolute atomic E-state index is 11.3. The lowest BCUT2D eigenvalue weighted by molar-refractivity contribution is 0.0391. The topological polar surface area (TPSA) is 35.5 Å². The molecule has 4 rings (SSSR count). The van der Waals surface area contributed by atoms with E-state index in [-0.39, 0.29) is 6.04 Å². The summed E-state index contributed by atoms with van der Waals surface area (Å²) in [5.41, 5.74) is 3.81. The van der Waals surface area contributed by atoms with Crippen LogP contribution in [0.3, 0.4) is 0 Å². The third kappa shape index (κ3) is 6.27. The molecule has 3 nitrogen and oxygen atoms in total. The Morgan fingerprint density at radius 2 is 1.20 bits per heavy atom. The van der Waals surface area contributed by atoms with Gasteiger partial charge in [0.25, 0.3) is 0 Å². The van der Waals surface area contributed by atoms with E-state index in [1.807, 2.05) is 0 Å². The van der Waals surface area contributed by atoms with Gasteiger partial charge in [-0.25, -0.2) is 0 Å². The molecule has 0 heterocycles. The third-order valence-electron chi connectivity index (χ3n) is 5.85. The lowest BCUT2D eigenvalue weighted by Crippen LogP contribution is -2.48. The van der Waals surface area contributed by atoms with Crippen molar-refractivity contribution in [1.29, 1.82) is 0 Å². The summed E-state index contributed by atoms with van der Waals surface area (Å²) in [4.78, 5) is 2.44. The van der Waals surface area contributed by atoms with Gasteiger partial charge in [-0.15, -0.1) is 0 Å². The number of benzene rings is 3. The van der Waals surface area contributed by atoms with E-state index in [2.05, 4.69) is 101 Å². The molecule has 30 heavy (non-hydrogen) atoms. The van der Waals surface area contributed by atoms with E-state index in [1.54, 1.807) is 0 Å². The van der Waals surface area contributed by atoms with Crippen LogP contribution in [-0.2, 0) is 19.5 Å². The highest BCUT2D eigenvalue weighted by atomic mass is 16.3. The van der Waals surface area contributed by atoms with Crippen LogP contribution in [0.25, 0.3) is 0 Å². The number of nitrogens with one attached hydrogen (secondary N) is 1. The zero-order valence-electron chi connectivity index (χ0n) is 17.5. The predicted molar refractivity (Wildman–Crippen MR) is 123 cm³/mol. The molecule has 3 heteroatoms. The molecule has 0 bridgehead atoms. The molecular weight excluding hydrogens is 368 g/mol. The Morgan fingerprint density at radius 3 is 1.67 bits per heavy atom. The number of aliphatic hydroxyl groups excluding tert-OH is 1. The Bertz CT molecular complexity index is 824. The minimum absolute atomic E-state index is 0.0269. The minimum atomic E-state index is -0.432. The molecule has 0 amide bonds. The molecule has 3 aromatic carbocycles. The van der Waals surface area contributed by atoms with Crippen molar-refractivity contribution in [1.82, 2.24) is 10.2 Å². The van der Waals surface area contributed by atoms with E-state index >= 15 is 0 Å². The normalized spacial score (nSPS) is 15.8. The molecule has 1 aliphatic rings. The van der Waals surface area contributed by atoms with E-state index in [1.165, 1.54) is 29.5 Å². The average Bonchev–Trinajstić information content (AvgIpc) is 3.62. The SMILES string of the molecule is OC(CNC1CC1)C(Cc1ccccc1)N(Cc1ccccc1)Cc1ccccc1. The molecular formula is C27H32N2O. The molecule has 1 saturated carbocycles. The van der Waals surface area contributed by atoms with Crippen molar-refractivity contribution in [3.8, 4) is 0 Å². The van der Waals surface area contributed by atoms with Crippen LogP contribution in [0.2, 0.25) is 0 Å². The van der Waals surface area contributed by atoms with Crippen molar-refractivity contribution in [2.45, 2.75) is 50.5 Å². The number of aliphatic hydroxyl groups is 1. The molecule has 156 valence electrons. The van der Waals surface area contributed by atoms with E-state index in [9.17, 15) is 5.11 Å². The van der Waals surface area contributed by atoms with Crippen LogP contribution in [0.15, 0.2) is 91.0 Å². The summed E-state index contributed by atoms with van der Waals surface area (Å²) in [5.74, 6) is 0. The van der Waals surface area contributed by atoms with E-state index in [0.29, 0.717) is 12.6 Å². The summed E-state index contributed by atoms with van der Waals surface area (Å²) in [5, 5.41) is 14.8. The second kappa shape index (κ2) is 10.5. The van der Waals surface area contributed by atoms with Crippen molar-refractivity contribution in [2.24, 2.45) is 0 Å². The molecule has 0 aliphatic heterocycles. The van der Waals surface area contributed by atoms with E-state index in [0.717, 1.165) is 19.5 Å². The zero-order valence-corrected chi connectivity index (χ0v) is 17.5. The van der Waals surface area contributed by atoms with Crippen LogP contribution in [0.4, 0.5) is 0 Å². The third-order valence-corrected chi connectivity index (χ3v) is 5.85. The van der Waals surface area contributed by atoms with Crippen LogP contribution in [0.5, 0.6) is 0 Å². The fraction of sp³-hybridized carbons (Fsp3) is 0.333. The monoisotopic (exact) mass is 400 g/mol. The predicted octanol–water partition coefficient (Wildman–Crippen LogP) is 4.41. The molecule has 1 aliphatic carbocycles. The van der Waals surface area contributed by atoms with Crippen molar-refractivity contribution in [3.63, 3.8) is 0 Å². The first-order valence-corrected chi connectivity index (χ1v) is 11.1. The second-order valence-electron chi connectivity index (χ2n) is 8.38. The maximum Gasteiger partial charge on any atom is 0.0823 e. The standard InChI is InChI=1S/C27H32N2O/c30-27(19-28-25-16-17-25)26(18-22-10-4-1-5-11-22)29(20-23-12-6-2-7-13-23)21-24-14-8-3-9-15-24/h1-15,25-28,30H,16-21H2. The highest BCUT2D eigenvalue weighted by Crippen LogP contribution is 2.22. The van der Waals surface area contributed by atoms with Crippen molar-refractivity contribution in [2.75, 3.05) is 6.54 Å². The Labute approximate surface area is 180 Å². The van der Waals surface area contributed by atoms with Crippen LogP contribution in [0, 0.1) is 0 Å². The first-order chi connectivity index (χ1) is 14.8. The molecule has 2 N–H and O–H groups in total. The first-order valence-electron chi connectivity index (χ1n) is 11.1. The van der Waals surface area contributed by atoms with Crippen LogP contribution >= 0.6 is 0 Å². The molecule has 1 fully saturated rings. The van der Waals surface area contributed by atoms with Gasteiger partial charge in [-0.2, -0.15) is 0 Å². The van der Waals surface area contributed by atoms with Gasteiger partial charge >= 0.3 is 0 Å². The smallest absolute Gasteiger partial charge is 0.0823 e. The van der Waals surface area contributed by atoms with Gasteiger partial charge in [-0.1, -0.05) is 91.0 Å². The quantitative estimate of drug-likeness (QED) is 0.500. The lowest BCUT2D eigenvalue weighted by Gasteiger charge is -2.35. The summed E-state index contributed by atoms with van der Waals surface area (Å²) in [6.45, 7) is 2.27. The molecule has 2 atom stereocenters. The molecule has 0 spiro atoms. The molecule has 0 saturated heterocycles. The number of rotatable bonds is 11. The fourth-order valence-corrected chi connectivity index (χ4v) is 4.00. The summed E-state index contributed by atoms with van der Waals surface area (Å²) < 4.78 is 0. The fourth-order valence-electron chi connectivity index (χ4n) is 4.00. The van der Waals surface area contributed by atoms with Crippen LogP contribution in [0.1, 0.15) is 29.5 Å². The van der Waals surface area contributed by atoms with Gasteiger partial charge in [0, 0.05) is 31.7 Å². The number of nitrogens with zero attached hydrogens (tertiary/aromatic N) is 1. The first kappa shape index (κ1) is 20.8. The van der Waals surface area contributed by atoms with Gasteiger partial charge in [-0.05, 0) is 36.0 Å². The maximum atomic E-state index is 11.3. The molecule has 2 unspecified atom stereocenters. The van der Waals surface area contributed by atoms with Crippen LogP contribution in [-0.4, -0.2) is 34.7 Å². The Morgan fingerprint density at radius 1 is 0.733 bits per heavy atom. The van der Waals surface area contributed by atoms with Crippen molar-refractivity contribution < 1.29 is 5.11 Å².